The first kappa shape index (κ1) is 25.5. The van der Waals surface area contributed by atoms with Crippen molar-refractivity contribution >= 4 is 96.1 Å². The second kappa shape index (κ2) is 11.4. The molecule has 0 unspecified atom stereocenters. The van der Waals surface area contributed by atoms with Crippen molar-refractivity contribution in [3.63, 3.8) is 0 Å². The zero-order valence-corrected chi connectivity index (χ0v) is 24.0. The van der Waals surface area contributed by atoms with Crippen molar-refractivity contribution in [1.82, 2.24) is 0 Å². The van der Waals surface area contributed by atoms with Gasteiger partial charge < -0.3 is 9.47 Å². The van der Waals surface area contributed by atoms with Crippen LogP contribution in [0.1, 0.15) is 18.1 Å². The van der Waals surface area contributed by atoms with E-state index >= 15 is 0 Å². The third kappa shape index (κ3) is 5.79. The number of carbonyl (C=O) groups is 1. The molecule has 0 aromatic heterocycles. The predicted octanol–water partition coefficient (Wildman–Crippen LogP) is 8.09. The van der Waals surface area contributed by atoms with Crippen LogP contribution in [0.4, 0.5) is 5.69 Å². The highest BCUT2D eigenvalue weighted by Gasteiger charge is 2.33. The van der Waals surface area contributed by atoms with Gasteiger partial charge in [-0.25, -0.2) is 0 Å². The van der Waals surface area contributed by atoms with Crippen molar-refractivity contribution in [2.75, 3.05) is 11.5 Å². The summed E-state index contributed by atoms with van der Waals surface area (Å²) in [5.74, 6) is 1.12. The van der Waals surface area contributed by atoms with E-state index in [0.29, 0.717) is 44.6 Å². The van der Waals surface area contributed by atoms with Gasteiger partial charge in [0.2, 0.25) is 0 Å². The molecule has 174 valence electrons. The number of thiocarbonyl (C=S) groups is 1. The Bertz CT molecular complexity index is 1290. The Morgan fingerprint density at radius 3 is 2.62 bits per heavy atom. The molecule has 1 aliphatic rings. The molecular weight excluding hydrogens is 669 g/mol. The van der Waals surface area contributed by atoms with E-state index in [4.69, 9.17) is 33.3 Å². The van der Waals surface area contributed by atoms with E-state index in [2.05, 4.69) is 38.5 Å². The first-order valence-electron chi connectivity index (χ1n) is 10.2. The molecule has 4 nitrogen and oxygen atoms in total. The molecule has 1 aliphatic heterocycles. The van der Waals surface area contributed by atoms with Crippen molar-refractivity contribution in [2.24, 2.45) is 0 Å². The van der Waals surface area contributed by atoms with Crippen molar-refractivity contribution in [3.05, 3.63) is 89.8 Å². The maximum absolute atomic E-state index is 13.2. The summed E-state index contributed by atoms with van der Waals surface area (Å²) in [6.07, 6.45) is 1.82. The summed E-state index contributed by atoms with van der Waals surface area (Å²) in [4.78, 5) is 15.2. The highest BCUT2D eigenvalue weighted by Crippen LogP contribution is 2.40. The lowest BCUT2D eigenvalue weighted by atomic mass is 10.1. The van der Waals surface area contributed by atoms with E-state index in [0.717, 1.165) is 19.2 Å². The van der Waals surface area contributed by atoms with Gasteiger partial charge in [0.05, 0.1) is 25.8 Å². The van der Waals surface area contributed by atoms with Crippen LogP contribution in [-0.2, 0) is 11.4 Å². The summed E-state index contributed by atoms with van der Waals surface area (Å²) in [6.45, 7) is 2.85. The topological polar surface area (TPSA) is 38.8 Å². The average Bonchev–Trinajstić information content (AvgIpc) is 3.08. The average molecular weight is 687 g/mol. The fraction of sp³-hybridized carbons (Fsp3) is 0.120. The summed E-state index contributed by atoms with van der Waals surface area (Å²) in [5, 5.41) is 0.512. The van der Waals surface area contributed by atoms with Gasteiger partial charge in [0, 0.05) is 4.47 Å². The number of anilines is 1. The number of thioether (sulfide) groups is 1. The molecule has 0 saturated carbocycles. The number of hydrogen-bond donors (Lipinski definition) is 0. The Morgan fingerprint density at radius 2 is 1.91 bits per heavy atom. The van der Waals surface area contributed by atoms with Gasteiger partial charge >= 0.3 is 0 Å². The van der Waals surface area contributed by atoms with Crippen LogP contribution in [-0.4, -0.2) is 16.8 Å². The summed E-state index contributed by atoms with van der Waals surface area (Å²) >= 11 is 18.6. The van der Waals surface area contributed by atoms with Crippen LogP contribution >= 0.6 is 74.1 Å². The number of nitrogens with zero attached hydrogens (tertiary/aromatic N) is 1. The van der Waals surface area contributed by atoms with Crippen LogP contribution in [0.25, 0.3) is 6.08 Å². The summed E-state index contributed by atoms with van der Waals surface area (Å²) in [6, 6.07) is 19.1. The number of carbonyl (C=O) groups excluding carboxylic acids is 1. The van der Waals surface area contributed by atoms with Crippen molar-refractivity contribution < 1.29 is 14.3 Å². The normalized spacial score (nSPS) is 14.7. The van der Waals surface area contributed by atoms with E-state index in [1.54, 1.807) is 18.2 Å². The smallest absolute Gasteiger partial charge is 0.270 e. The van der Waals surface area contributed by atoms with Gasteiger partial charge in [-0.05, 0) is 93.0 Å². The fourth-order valence-corrected chi connectivity index (χ4v) is 5.77. The number of amides is 1. The van der Waals surface area contributed by atoms with Gasteiger partial charge in [0.15, 0.2) is 15.8 Å². The lowest BCUT2D eigenvalue weighted by Gasteiger charge is -2.15. The van der Waals surface area contributed by atoms with Crippen LogP contribution in [0.2, 0.25) is 5.02 Å². The lowest BCUT2D eigenvalue weighted by molar-refractivity contribution is -0.113. The molecule has 1 fully saturated rings. The van der Waals surface area contributed by atoms with E-state index in [-0.39, 0.29) is 5.91 Å². The second-order valence-corrected chi connectivity index (χ2v) is 11.3. The zero-order chi connectivity index (χ0) is 24.2. The number of benzene rings is 3. The molecule has 9 heteroatoms. The van der Waals surface area contributed by atoms with Crippen LogP contribution in [0.3, 0.4) is 0 Å². The lowest BCUT2D eigenvalue weighted by Crippen LogP contribution is -2.27. The van der Waals surface area contributed by atoms with Gasteiger partial charge in [0.1, 0.15) is 6.61 Å². The minimum absolute atomic E-state index is 0.189. The molecule has 34 heavy (non-hydrogen) atoms. The molecule has 3 aromatic rings. The SMILES string of the molecule is CCOc1cc(/C=C2/SC(=S)N(c3ccc(Br)c(Cl)c3)C2=O)cc(I)c1OCc1ccccc1. The number of ether oxygens (including phenoxy) is 2. The summed E-state index contributed by atoms with van der Waals surface area (Å²) < 4.78 is 14.1. The Kier molecular flexibility index (Phi) is 8.57. The van der Waals surface area contributed by atoms with E-state index in [9.17, 15) is 4.79 Å². The number of halogens is 3. The quantitative estimate of drug-likeness (QED) is 0.143. The van der Waals surface area contributed by atoms with E-state index in [1.165, 1.54) is 16.7 Å². The molecule has 1 saturated heterocycles. The summed E-state index contributed by atoms with van der Waals surface area (Å²) in [7, 11) is 0. The monoisotopic (exact) mass is 685 g/mol. The van der Waals surface area contributed by atoms with Crippen LogP contribution < -0.4 is 14.4 Å². The Balaban J connectivity index is 1.61. The molecule has 3 aromatic carbocycles. The molecule has 1 amide bonds. The largest absolute Gasteiger partial charge is 0.490 e. The van der Waals surface area contributed by atoms with Gasteiger partial charge in [0.25, 0.3) is 5.91 Å². The van der Waals surface area contributed by atoms with Gasteiger partial charge in [-0.3, -0.25) is 9.69 Å². The molecule has 4 rings (SSSR count). The van der Waals surface area contributed by atoms with Gasteiger partial charge in [-0.1, -0.05) is 65.9 Å². The Labute approximate surface area is 234 Å². The predicted molar refractivity (Wildman–Crippen MR) is 156 cm³/mol. The molecule has 0 spiro atoms. The van der Waals surface area contributed by atoms with E-state index < -0.39 is 0 Å². The number of hydrogen-bond acceptors (Lipinski definition) is 5. The number of rotatable bonds is 7. The van der Waals surface area contributed by atoms with Crippen molar-refractivity contribution in [1.29, 1.82) is 0 Å². The van der Waals surface area contributed by atoms with Gasteiger partial charge in [-0.2, -0.15) is 0 Å². The molecular formula is C25H18BrClINO3S2. The third-order valence-electron chi connectivity index (χ3n) is 4.81. The molecule has 1 heterocycles. The third-order valence-corrected chi connectivity index (χ3v) is 8.15. The molecule has 0 aliphatic carbocycles. The first-order chi connectivity index (χ1) is 16.4. The van der Waals surface area contributed by atoms with Crippen LogP contribution in [0.15, 0.2) is 70.0 Å². The van der Waals surface area contributed by atoms with Crippen LogP contribution in [0, 0.1) is 3.57 Å². The second-order valence-electron chi connectivity index (χ2n) is 7.15. The van der Waals surface area contributed by atoms with Crippen LogP contribution in [0.5, 0.6) is 11.5 Å². The standard InChI is InChI=1S/C25H18BrClINO3S2/c1-2-31-21-11-16(10-20(28)23(21)32-14-15-6-4-3-5-7-15)12-22-24(30)29(25(33)34-22)17-8-9-18(26)19(27)13-17/h3-13H,2,14H2,1H3/b22-12+. The maximum atomic E-state index is 13.2. The van der Waals surface area contributed by atoms with Gasteiger partial charge in [-0.15, -0.1) is 0 Å². The molecule has 0 N–H and O–H groups in total. The fourth-order valence-electron chi connectivity index (χ4n) is 3.27. The highest BCUT2D eigenvalue weighted by atomic mass is 127. The zero-order valence-electron chi connectivity index (χ0n) is 17.9. The minimum Gasteiger partial charge on any atom is -0.490 e. The highest BCUT2D eigenvalue weighted by molar-refractivity contribution is 14.1. The Hall–Kier alpha value is -1.59. The Morgan fingerprint density at radius 1 is 1.15 bits per heavy atom. The summed E-state index contributed by atoms with van der Waals surface area (Å²) in [5.41, 5.74) is 2.53. The van der Waals surface area contributed by atoms with Crippen molar-refractivity contribution in [2.45, 2.75) is 13.5 Å². The van der Waals surface area contributed by atoms with E-state index in [1.807, 2.05) is 55.5 Å². The first-order valence-corrected chi connectivity index (χ1v) is 13.7. The maximum Gasteiger partial charge on any atom is 0.270 e. The molecule has 0 bridgehead atoms. The molecule has 0 atom stereocenters. The molecule has 0 radical (unpaired) electrons. The minimum atomic E-state index is -0.189. The van der Waals surface area contributed by atoms with Crippen molar-refractivity contribution in [3.8, 4) is 11.5 Å².